The highest BCUT2D eigenvalue weighted by Gasteiger charge is 2.80. The molecule has 1 N–H and O–H groups in total. The molecule has 6 nitrogen and oxygen atoms in total. The molecule has 0 bridgehead atoms. The van der Waals surface area contributed by atoms with E-state index in [1.807, 2.05) is 0 Å². The van der Waals surface area contributed by atoms with Gasteiger partial charge in [-0.15, -0.1) is 0 Å². The maximum atomic E-state index is 13.2. The molecule has 0 fully saturated rings. The Morgan fingerprint density at radius 3 is 0.512 bits per heavy atom. The van der Waals surface area contributed by atoms with Gasteiger partial charge in [-0.05, 0) is 0 Å². The third-order valence-electron chi connectivity index (χ3n) is 3.32. The first kappa shape index (κ1) is 41.0. The molecule has 31 heteroatoms. The van der Waals surface area contributed by atoms with Gasteiger partial charge < -0.3 is 5.11 Å². The van der Waals surface area contributed by atoms with Crippen molar-refractivity contribution in [1.82, 2.24) is 0 Å². The van der Waals surface area contributed by atoms with Gasteiger partial charge in [-0.25, -0.2) is 23.7 Å². The van der Waals surface area contributed by atoms with E-state index in [0.717, 1.165) is 18.9 Å². The minimum absolute atomic E-state index is 1.09. The van der Waals surface area contributed by atoms with Crippen LogP contribution >= 0.6 is 0 Å². The van der Waals surface area contributed by atoms with Crippen LogP contribution in [0.1, 0.15) is 0 Å². The van der Waals surface area contributed by atoms with E-state index in [2.05, 4.69) is 0 Å². The van der Waals surface area contributed by atoms with Crippen molar-refractivity contribution in [3.63, 3.8) is 0 Å². The van der Waals surface area contributed by atoms with Crippen molar-refractivity contribution in [2.45, 2.75) is 73.4 Å². The van der Waals surface area contributed by atoms with Crippen LogP contribution in [0.3, 0.4) is 0 Å². The van der Waals surface area contributed by atoms with Crippen LogP contribution in [-0.2, 0) is 23.7 Å². The van der Waals surface area contributed by atoms with Crippen LogP contribution in [0.5, 0.6) is 0 Å². The molecule has 0 aliphatic rings. The zero-order chi connectivity index (χ0) is 35.5. The molecular formula is C12HF25O6. The van der Waals surface area contributed by atoms with Crippen molar-refractivity contribution in [2.75, 3.05) is 0 Å². The summed E-state index contributed by atoms with van der Waals surface area (Å²) in [4.78, 5) is 0. The summed E-state index contributed by atoms with van der Waals surface area (Å²) in [6, 6.07) is 0. The maximum Gasteiger partial charge on any atom is 0.483 e. The van der Waals surface area contributed by atoms with E-state index in [-0.39, 0.29) is 0 Å². The third kappa shape index (κ3) is 8.59. The molecule has 0 saturated heterocycles. The highest BCUT2D eigenvalue weighted by Crippen LogP contribution is 2.54. The fourth-order valence-electron chi connectivity index (χ4n) is 1.40. The summed E-state index contributed by atoms with van der Waals surface area (Å²) >= 11 is 0. The Labute approximate surface area is 213 Å². The molecule has 0 spiro atoms. The van der Waals surface area contributed by atoms with Crippen molar-refractivity contribution in [3.05, 3.63) is 0 Å². The lowest BCUT2D eigenvalue weighted by atomic mass is 10.4. The Bertz CT molecular complexity index is 889. The lowest BCUT2D eigenvalue weighted by Crippen LogP contribution is -2.62. The Morgan fingerprint density at radius 2 is 0.372 bits per heavy atom. The summed E-state index contributed by atoms with van der Waals surface area (Å²) in [5.41, 5.74) is 0. The summed E-state index contributed by atoms with van der Waals surface area (Å²) in [5.74, 6) is 0. The predicted molar refractivity (Wildman–Crippen MR) is 68.1 cm³/mol. The summed E-state index contributed by atoms with van der Waals surface area (Å²) < 4.78 is 324. The molecule has 0 aromatic heterocycles. The molecule has 260 valence electrons. The lowest BCUT2D eigenvalue weighted by Gasteiger charge is -2.36. The molecule has 0 aromatic carbocycles. The van der Waals surface area contributed by atoms with Gasteiger partial charge in [0.1, 0.15) is 0 Å². The number of rotatable bonds is 15. The monoisotopic (exact) mass is 716 g/mol. The Morgan fingerprint density at radius 1 is 0.233 bits per heavy atom. The third-order valence-corrected chi connectivity index (χ3v) is 3.32. The smallest absolute Gasteiger partial charge is 0.329 e. The van der Waals surface area contributed by atoms with E-state index in [0.29, 0.717) is 0 Å². The number of ether oxygens (including phenoxy) is 5. The van der Waals surface area contributed by atoms with Gasteiger partial charge in [0.05, 0.1) is 0 Å². The van der Waals surface area contributed by atoms with E-state index in [1.165, 1.54) is 4.74 Å². The fraction of sp³-hybridized carbons (Fsp3) is 1.00. The highest BCUT2D eigenvalue weighted by molar-refractivity contribution is 4.82. The molecule has 0 saturated carbocycles. The molecule has 0 heterocycles. The van der Waals surface area contributed by atoms with Crippen molar-refractivity contribution >= 4 is 0 Å². The maximum absolute atomic E-state index is 13.2. The van der Waals surface area contributed by atoms with Crippen molar-refractivity contribution < 1.29 is 139 Å². The molecule has 0 aliphatic heterocycles. The summed E-state index contributed by atoms with van der Waals surface area (Å²) in [6.07, 6.45) is -93.1. The van der Waals surface area contributed by atoms with Crippen molar-refractivity contribution in [1.29, 1.82) is 0 Å². The van der Waals surface area contributed by atoms with Crippen molar-refractivity contribution in [2.24, 2.45) is 0 Å². The highest BCUT2D eigenvalue weighted by atomic mass is 19.4. The van der Waals surface area contributed by atoms with Crippen LogP contribution in [0.2, 0.25) is 0 Å². The summed E-state index contributed by atoms with van der Waals surface area (Å²) in [7, 11) is 0. The topological polar surface area (TPSA) is 66.4 Å². The average Bonchev–Trinajstić information content (AvgIpc) is 2.61. The van der Waals surface area contributed by atoms with Gasteiger partial charge >= 0.3 is 73.4 Å². The second-order valence-electron chi connectivity index (χ2n) is 6.72. The van der Waals surface area contributed by atoms with Crippen LogP contribution in [-0.4, -0.2) is 78.5 Å². The molecule has 0 atom stereocenters. The zero-order valence-corrected chi connectivity index (χ0v) is 17.9. The van der Waals surface area contributed by atoms with E-state index in [4.69, 9.17) is 5.11 Å². The van der Waals surface area contributed by atoms with Gasteiger partial charge in [0.2, 0.25) is 0 Å². The molecule has 0 rings (SSSR count). The summed E-state index contributed by atoms with van der Waals surface area (Å²) in [5, 5.41) is 7.49. The SMILES string of the molecule is OC(F)(F)C(F)(F)OC(F)(F)C(F)(F)OC(F)(F)C(F)(F)OC(F)(F)C(F)(F)OC(F)(F)C(F)(F)OC(F)(F)C(F)(F)F. The molecule has 0 aliphatic carbocycles. The normalized spacial score (nSPS) is 16.6. The Hall–Kier alpha value is -1.99. The first-order valence-electron chi connectivity index (χ1n) is 8.49. The van der Waals surface area contributed by atoms with Crippen LogP contribution in [0, 0.1) is 0 Å². The molecular weight excluding hydrogens is 715 g/mol. The average molecular weight is 716 g/mol. The first-order chi connectivity index (χ1) is 18.0. The molecule has 0 unspecified atom stereocenters. The number of halogens is 25. The summed E-state index contributed by atoms with van der Waals surface area (Å²) in [6.45, 7) is 0. The van der Waals surface area contributed by atoms with Gasteiger partial charge in [-0.3, -0.25) is 0 Å². The second-order valence-corrected chi connectivity index (χ2v) is 6.72. The minimum Gasteiger partial charge on any atom is -0.329 e. The van der Waals surface area contributed by atoms with Gasteiger partial charge in [-0.1, -0.05) is 0 Å². The van der Waals surface area contributed by atoms with E-state index in [1.54, 1.807) is 0 Å². The van der Waals surface area contributed by atoms with Gasteiger partial charge in [0, 0.05) is 0 Å². The minimum atomic E-state index is -8.16. The Kier molecular flexibility index (Phi) is 10.3. The predicted octanol–water partition coefficient (Wildman–Crippen LogP) is 7.14. The van der Waals surface area contributed by atoms with Gasteiger partial charge in [0.15, 0.2) is 0 Å². The standard InChI is InChI=1S/C12HF25O6/c13-1(14,15)3(18,19)39-5(22,23)7(26,27)41-9(30,31)11(34,35)43-12(36,37)10(32,33)42-8(28,29)6(24,25)40-4(20,21)2(16,17)38/h38H. The molecule has 0 aromatic rings. The van der Waals surface area contributed by atoms with Crippen molar-refractivity contribution in [3.8, 4) is 0 Å². The fourth-order valence-corrected chi connectivity index (χ4v) is 1.40. The van der Waals surface area contributed by atoms with Gasteiger partial charge in [-0.2, -0.15) is 110 Å². The number of hydrogen-bond acceptors (Lipinski definition) is 6. The lowest BCUT2D eigenvalue weighted by molar-refractivity contribution is -0.593. The second kappa shape index (κ2) is 10.8. The van der Waals surface area contributed by atoms with Crippen LogP contribution in [0.4, 0.5) is 110 Å². The molecule has 0 radical (unpaired) electrons. The van der Waals surface area contributed by atoms with Crippen LogP contribution < -0.4 is 0 Å². The van der Waals surface area contributed by atoms with E-state index < -0.39 is 73.4 Å². The van der Waals surface area contributed by atoms with E-state index in [9.17, 15) is 110 Å². The van der Waals surface area contributed by atoms with Gasteiger partial charge in [0.25, 0.3) is 0 Å². The first-order valence-corrected chi connectivity index (χ1v) is 8.49. The largest absolute Gasteiger partial charge is 0.483 e. The quantitative estimate of drug-likeness (QED) is 0.182. The number of hydrogen-bond donors (Lipinski definition) is 1. The number of alkyl halides is 25. The van der Waals surface area contributed by atoms with Crippen LogP contribution in [0.25, 0.3) is 0 Å². The molecule has 0 amide bonds. The van der Waals surface area contributed by atoms with E-state index >= 15 is 0 Å². The van der Waals surface area contributed by atoms with Crippen LogP contribution in [0.15, 0.2) is 0 Å². The Balaban J connectivity index is 6.19. The zero-order valence-electron chi connectivity index (χ0n) is 17.9. The number of aliphatic hydroxyl groups is 1. The molecule has 43 heavy (non-hydrogen) atoms.